The van der Waals surface area contributed by atoms with Crippen LogP contribution in [0.25, 0.3) is 0 Å². The van der Waals surface area contributed by atoms with Crippen LogP contribution in [0.5, 0.6) is 0 Å². The van der Waals surface area contributed by atoms with Crippen LogP contribution in [0.2, 0.25) is 0 Å². The van der Waals surface area contributed by atoms with Crippen LogP contribution >= 0.6 is 0 Å². The van der Waals surface area contributed by atoms with Crippen molar-refractivity contribution < 1.29 is 43.0 Å². The Morgan fingerprint density at radius 1 is 0.515 bits per heavy atom. The number of unbranched alkanes of at least 4 members (excludes halogenated alkanes) is 7. The molecule has 0 aliphatic carbocycles. The molecule has 0 saturated carbocycles. The maximum atomic E-state index is 13.8. The minimum atomic E-state index is -1.05. The molecule has 0 heterocycles. The summed E-state index contributed by atoms with van der Waals surface area (Å²) in [5.41, 5.74) is -1.47. The Bertz CT molecular complexity index is 1490. The molecule has 0 aromatic carbocycles. The summed E-state index contributed by atoms with van der Waals surface area (Å²) in [4.78, 5) is 91.3. The standard InChI is InChI=1S/C53H98N4O9/c1-17-18-22-29-41(45(61)47(63)65-52(11,12)13)56-46(62)38(27-24-26-35-55-48(64)66-53(14,15)16)36-40(58)28-23-20-19-21-25-34-54-43(59)31-30-42(51(8,9)10)57-44(60)37-39(50(5,6)7)32-33-49(2,3)4/h38-39,41-42H,17-37H2,1-16H3,(H,54,59)(H,55,64)(H,56,62)(H,57,60)/t38?,39?,41-,42?/m0/s1. The fourth-order valence-corrected chi connectivity index (χ4v) is 7.57. The zero-order valence-electron chi connectivity index (χ0n) is 44.8. The molecular formula is C53H98N4O9. The molecule has 4 atom stereocenters. The molecule has 0 spiro atoms. The van der Waals surface area contributed by atoms with Crippen LogP contribution in [0.15, 0.2) is 0 Å². The number of Topliss-reactive ketones (excluding diaryl/α,β-unsaturated/α-hetero) is 2. The lowest BCUT2D eigenvalue weighted by atomic mass is 9.73. The van der Waals surface area contributed by atoms with Crippen LogP contribution in [0.3, 0.4) is 0 Å². The summed E-state index contributed by atoms with van der Waals surface area (Å²) in [5.74, 6) is -2.71. The minimum absolute atomic E-state index is 0.00824. The average Bonchev–Trinajstić information content (AvgIpc) is 3.15. The summed E-state index contributed by atoms with van der Waals surface area (Å²) >= 11 is 0. The van der Waals surface area contributed by atoms with E-state index in [4.69, 9.17) is 9.47 Å². The maximum absolute atomic E-state index is 13.8. The van der Waals surface area contributed by atoms with Gasteiger partial charge >= 0.3 is 12.1 Å². The molecule has 0 bridgehead atoms. The molecule has 0 radical (unpaired) electrons. The van der Waals surface area contributed by atoms with Gasteiger partial charge in [-0.05, 0) is 115 Å². The number of hydrogen-bond acceptors (Lipinski definition) is 9. The average molecular weight is 935 g/mol. The van der Waals surface area contributed by atoms with Crippen molar-refractivity contribution in [2.24, 2.45) is 28.1 Å². The first kappa shape index (κ1) is 62.5. The third-order valence-corrected chi connectivity index (χ3v) is 11.7. The number of rotatable bonds is 31. The quantitative estimate of drug-likeness (QED) is 0.0298. The van der Waals surface area contributed by atoms with Gasteiger partial charge < -0.3 is 30.7 Å². The molecule has 0 fully saturated rings. The highest BCUT2D eigenvalue weighted by Gasteiger charge is 2.34. The molecule has 384 valence electrons. The summed E-state index contributed by atoms with van der Waals surface area (Å²) in [7, 11) is 0. The molecule has 4 N–H and O–H groups in total. The zero-order chi connectivity index (χ0) is 50.9. The van der Waals surface area contributed by atoms with Crippen molar-refractivity contribution in [3.05, 3.63) is 0 Å². The van der Waals surface area contributed by atoms with Crippen molar-refractivity contribution in [3.8, 4) is 0 Å². The first-order chi connectivity index (χ1) is 30.2. The van der Waals surface area contributed by atoms with Crippen molar-refractivity contribution in [2.45, 2.75) is 256 Å². The Balaban J connectivity index is 5.17. The zero-order valence-corrected chi connectivity index (χ0v) is 44.8. The molecule has 0 saturated heterocycles. The lowest BCUT2D eigenvalue weighted by Crippen LogP contribution is -2.47. The van der Waals surface area contributed by atoms with Gasteiger partial charge in [-0.2, -0.15) is 0 Å². The van der Waals surface area contributed by atoms with E-state index in [1.54, 1.807) is 41.5 Å². The molecule has 0 aromatic rings. The normalized spacial score (nSPS) is 14.3. The van der Waals surface area contributed by atoms with Gasteiger partial charge in [0.15, 0.2) is 0 Å². The molecule has 13 heteroatoms. The minimum Gasteiger partial charge on any atom is -0.454 e. The van der Waals surface area contributed by atoms with E-state index in [1.165, 1.54) is 0 Å². The van der Waals surface area contributed by atoms with Gasteiger partial charge in [0.1, 0.15) is 17.0 Å². The monoisotopic (exact) mass is 935 g/mol. The third kappa shape index (κ3) is 32.2. The largest absolute Gasteiger partial charge is 0.454 e. The van der Waals surface area contributed by atoms with Gasteiger partial charge in [0.2, 0.25) is 17.7 Å². The Kier molecular flexibility index (Phi) is 28.5. The van der Waals surface area contributed by atoms with Gasteiger partial charge in [-0.15, -0.1) is 0 Å². The van der Waals surface area contributed by atoms with Crippen molar-refractivity contribution in [1.82, 2.24) is 21.3 Å². The fourth-order valence-electron chi connectivity index (χ4n) is 7.57. The van der Waals surface area contributed by atoms with Crippen molar-refractivity contribution in [3.63, 3.8) is 0 Å². The van der Waals surface area contributed by atoms with Crippen molar-refractivity contribution in [2.75, 3.05) is 13.1 Å². The lowest BCUT2D eigenvalue weighted by molar-refractivity contribution is -0.163. The molecule has 13 nitrogen and oxygen atoms in total. The molecule has 3 unspecified atom stereocenters. The second kappa shape index (κ2) is 30.1. The van der Waals surface area contributed by atoms with Gasteiger partial charge in [0, 0.05) is 50.7 Å². The number of ketones is 2. The van der Waals surface area contributed by atoms with Gasteiger partial charge in [-0.25, -0.2) is 9.59 Å². The van der Waals surface area contributed by atoms with E-state index in [-0.39, 0.29) is 58.6 Å². The Morgan fingerprint density at radius 3 is 1.64 bits per heavy atom. The summed E-state index contributed by atoms with van der Waals surface area (Å²) in [5, 5.41) is 11.8. The smallest absolute Gasteiger partial charge is 0.407 e. The third-order valence-electron chi connectivity index (χ3n) is 11.7. The van der Waals surface area contributed by atoms with E-state index >= 15 is 0 Å². The number of carbonyl (C=O) groups excluding carboxylic acids is 7. The van der Waals surface area contributed by atoms with E-state index in [0.717, 1.165) is 51.4 Å². The first-order valence-electron chi connectivity index (χ1n) is 25.4. The van der Waals surface area contributed by atoms with Crippen LogP contribution in [-0.2, 0) is 38.2 Å². The van der Waals surface area contributed by atoms with Crippen LogP contribution in [0.4, 0.5) is 4.79 Å². The van der Waals surface area contributed by atoms with Gasteiger partial charge in [-0.1, -0.05) is 114 Å². The van der Waals surface area contributed by atoms with E-state index in [1.807, 2.05) is 6.92 Å². The maximum Gasteiger partial charge on any atom is 0.407 e. The second-order valence-electron chi connectivity index (χ2n) is 24.0. The highest BCUT2D eigenvalue weighted by atomic mass is 16.6. The molecule has 66 heavy (non-hydrogen) atoms. The highest BCUT2D eigenvalue weighted by Crippen LogP contribution is 2.36. The van der Waals surface area contributed by atoms with Crippen LogP contribution in [0.1, 0.15) is 233 Å². The predicted octanol–water partition coefficient (Wildman–Crippen LogP) is 10.9. The second-order valence-corrected chi connectivity index (χ2v) is 24.0. The first-order valence-corrected chi connectivity index (χ1v) is 25.4. The molecule has 0 aromatic heterocycles. The molecule has 4 amide bonds. The van der Waals surface area contributed by atoms with Crippen LogP contribution in [-0.4, -0.2) is 77.7 Å². The molecular weight excluding hydrogens is 837 g/mol. The number of ether oxygens (including phenoxy) is 2. The fraction of sp³-hybridized carbons (Fsp3) is 0.868. The lowest BCUT2D eigenvalue weighted by Gasteiger charge is -2.35. The Hall–Kier alpha value is -3.51. The Labute approximate surface area is 401 Å². The summed E-state index contributed by atoms with van der Waals surface area (Å²) in [6, 6.07) is -1.18. The molecule has 0 rings (SSSR count). The van der Waals surface area contributed by atoms with E-state index < -0.39 is 46.9 Å². The summed E-state index contributed by atoms with van der Waals surface area (Å²) < 4.78 is 10.6. The van der Waals surface area contributed by atoms with Gasteiger partial charge in [0.25, 0.3) is 5.78 Å². The van der Waals surface area contributed by atoms with Gasteiger partial charge in [0.05, 0.1) is 6.04 Å². The number of alkyl carbamates (subject to hydrolysis) is 1. The van der Waals surface area contributed by atoms with Gasteiger partial charge in [-0.3, -0.25) is 24.0 Å². The topological polar surface area (TPSA) is 186 Å². The number of nitrogens with one attached hydrogen (secondary N) is 4. The number of carbonyl (C=O) groups is 7. The van der Waals surface area contributed by atoms with E-state index in [0.29, 0.717) is 70.9 Å². The van der Waals surface area contributed by atoms with Crippen molar-refractivity contribution >= 4 is 41.4 Å². The van der Waals surface area contributed by atoms with Crippen molar-refractivity contribution in [1.29, 1.82) is 0 Å². The van der Waals surface area contributed by atoms with Crippen LogP contribution in [0, 0.1) is 28.1 Å². The molecule has 0 aliphatic rings. The Morgan fingerprint density at radius 2 is 1.08 bits per heavy atom. The summed E-state index contributed by atoms with van der Waals surface area (Å²) in [6.45, 7) is 32.9. The summed E-state index contributed by atoms with van der Waals surface area (Å²) in [6.07, 6.45) is 11.4. The predicted molar refractivity (Wildman–Crippen MR) is 266 cm³/mol. The molecule has 0 aliphatic heterocycles. The number of hydrogen-bond donors (Lipinski definition) is 4. The SMILES string of the molecule is CCCCC[C@H](NC(=O)C(CCCCNC(=O)OC(C)(C)C)CC(=O)CCCCCCCNC(=O)CCC(NC(=O)CC(CCC(C)(C)C)C(C)(C)C)C(C)(C)C)C(=O)C(=O)OC(C)(C)C. The van der Waals surface area contributed by atoms with E-state index in [2.05, 4.69) is 83.6 Å². The number of esters is 1. The van der Waals surface area contributed by atoms with E-state index in [9.17, 15) is 33.6 Å². The highest BCUT2D eigenvalue weighted by molar-refractivity contribution is 6.36. The van der Waals surface area contributed by atoms with Crippen LogP contribution < -0.4 is 21.3 Å². The number of amides is 4.